The Bertz CT molecular complexity index is 408. The third kappa shape index (κ3) is 3.20. The van der Waals surface area contributed by atoms with E-state index in [1.807, 2.05) is 0 Å². The van der Waals surface area contributed by atoms with Crippen LogP contribution in [-0.4, -0.2) is 12.6 Å². The molecule has 0 saturated heterocycles. The molecular formula is C18H27N. The van der Waals surface area contributed by atoms with Gasteiger partial charge in [-0.2, -0.15) is 0 Å². The zero-order chi connectivity index (χ0) is 13.1. The number of likely N-dealkylation sites (N-methyl/N-ethyl adjacent to an activating group) is 1. The van der Waals surface area contributed by atoms with Crippen LogP contribution in [-0.2, 0) is 6.42 Å². The number of hydrogen-bond donors (Lipinski definition) is 1. The van der Waals surface area contributed by atoms with E-state index in [1.54, 1.807) is 11.1 Å². The van der Waals surface area contributed by atoms with Crippen molar-refractivity contribution in [3.63, 3.8) is 0 Å². The predicted molar refractivity (Wildman–Crippen MR) is 81.5 cm³/mol. The van der Waals surface area contributed by atoms with Crippen molar-refractivity contribution >= 4 is 0 Å². The highest BCUT2D eigenvalue weighted by Crippen LogP contribution is 2.39. The van der Waals surface area contributed by atoms with Gasteiger partial charge in [0.15, 0.2) is 0 Å². The Morgan fingerprint density at radius 3 is 2.84 bits per heavy atom. The topological polar surface area (TPSA) is 12.0 Å². The fourth-order valence-corrected chi connectivity index (χ4v) is 3.74. The quantitative estimate of drug-likeness (QED) is 0.802. The maximum Gasteiger partial charge on any atom is 0.0136 e. The average molecular weight is 257 g/mol. The predicted octanol–water partition coefficient (Wildman–Crippen LogP) is 4.27. The van der Waals surface area contributed by atoms with Crippen molar-refractivity contribution < 1.29 is 0 Å². The third-order valence-corrected chi connectivity index (χ3v) is 4.95. The monoisotopic (exact) mass is 257 g/mol. The first-order valence-electron chi connectivity index (χ1n) is 8.19. The van der Waals surface area contributed by atoms with Crippen LogP contribution in [0.1, 0.15) is 62.5 Å². The van der Waals surface area contributed by atoms with Crippen molar-refractivity contribution in [3.8, 4) is 0 Å². The molecule has 0 amide bonds. The van der Waals surface area contributed by atoms with E-state index < -0.39 is 0 Å². The van der Waals surface area contributed by atoms with Gasteiger partial charge in [0.25, 0.3) is 0 Å². The molecule has 1 saturated carbocycles. The summed E-state index contributed by atoms with van der Waals surface area (Å²) in [6.45, 7) is 3.35. The van der Waals surface area contributed by atoms with Crippen molar-refractivity contribution in [2.24, 2.45) is 5.92 Å². The Morgan fingerprint density at radius 1 is 1.21 bits per heavy atom. The lowest BCUT2D eigenvalue weighted by Crippen LogP contribution is -2.36. The Kier molecular flexibility index (Phi) is 4.22. The van der Waals surface area contributed by atoms with Gasteiger partial charge in [0, 0.05) is 6.04 Å². The smallest absolute Gasteiger partial charge is 0.0136 e. The Morgan fingerprint density at radius 2 is 2.05 bits per heavy atom. The number of benzene rings is 1. The normalized spacial score (nSPS) is 23.9. The molecule has 19 heavy (non-hydrogen) atoms. The zero-order valence-corrected chi connectivity index (χ0v) is 12.2. The lowest BCUT2D eigenvalue weighted by Gasteiger charge is -2.33. The number of hydrogen-bond acceptors (Lipinski definition) is 1. The molecule has 1 aromatic rings. The summed E-state index contributed by atoms with van der Waals surface area (Å²) in [4.78, 5) is 0. The van der Waals surface area contributed by atoms with E-state index in [4.69, 9.17) is 0 Å². The standard InChI is InChI=1S/C18H27N/c1-2-19-18(13-12-14-10-11-14)17-9-5-7-15-6-3-4-8-16(15)17/h3-4,6,8,14,17-19H,2,5,7,9-13H2,1H3. The molecule has 3 rings (SSSR count). The SMILES string of the molecule is CCNC(CCC1CC1)C1CCCc2ccccc21. The summed E-state index contributed by atoms with van der Waals surface area (Å²) >= 11 is 0. The summed E-state index contributed by atoms with van der Waals surface area (Å²) < 4.78 is 0. The van der Waals surface area contributed by atoms with Crippen LogP contribution in [0.25, 0.3) is 0 Å². The molecule has 0 radical (unpaired) electrons. The van der Waals surface area contributed by atoms with Crippen LogP contribution in [0.4, 0.5) is 0 Å². The molecule has 2 aliphatic carbocycles. The Hall–Kier alpha value is -0.820. The maximum atomic E-state index is 3.78. The highest BCUT2D eigenvalue weighted by molar-refractivity contribution is 5.33. The van der Waals surface area contributed by atoms with Crippen molar-refractivity contribution in [3.05, 3.63) is 35.4 Å². The first-order valence-corrected chi connectivity index (χ1v) is 8.19. The zero-order valence-electron chi connectivity index (χ0n) is 12.2. The third-order valence-electron chi connectivity index (χ3n) is 4.95. The van der Waals surface area contributed by atoms with Gasteiger partial charge >= 0.3 is 0 Å². The number of aryl methyl sites for hydroxylation is 1. The molecule has 0 spiro atoms. The van der Waals surface area contributed by atoms with Crippen LogP contribution >= 0.6 is 0 Å². The molecule has 1 nitrogen and oxygen atoms in total. The Balaban J connectivity index is 1.73. The van der Waals surface area contributed by atoms with Crippen LogP contribution in [0.15, 0.2) is 24.3 Å². The maximum absolute atomic E-state index is 3.78. The molecule has 104 valence electrons. The average Bonchev–Trinajstić information content (AvgIpc) is 3.27. The molecular weight excluding hydrogens is 230 g/mol. The van der Waals surface area contributed by atoms with Crippen LogP contribution < -0.4 is 5.32 Å². The molecule has 1 aromatic carbocycles. The molecule has 2 atom stereocenters. The molecule has 0 heterocycles. The van der Waals surface area contributed by atoms with Crippen molar-refractivity contribution in [2.45, 2.75) is 63.8 Å². The van der Waals surface area contributed by atoms with E-state index in [9.17, 15) is 0 Å². The lowest BCUT2D eigenvalue weighted by molar-refractivity contribution is 0.366. The molecule has 1 fully saturated rings. The van der Waals surface area contributed by atoms with E-state index in [-0.39, 0.29) is 0 Å². The highest BCUT2D eigenvalue weighted by Gasteiger charge is 2.29. The van der Waals surface area contributed by atoms with Gasteiger partial charge in [0.1, 0.15) is 0 Å². The van der Waals surface area contributed by atoms with Crippen LogP contribution in [0.3, 0.4) is 0 Å². The van der Waals surface area contributed by atoms with Crippen LogP contribution in [0.5, 0.6) is 0 Å². The molecule has 1 heteroatoms. The second-order valence-corrected chi connectivity index (χ2v) is 6.38. The van der Waals surface area contributed by atoms with Crippen molar-refractivity contribution in [1.82, 2.24) is 5.32 Å². The number of nitrogens with one attached hydrogen (secondary N) is 1. The minimum absolute atomic E-state index is 0.701. The van der Waals surface area contributed by atoms with E-state index >= 15 is 0 Å². The van der Waals surface area contributed by atoms with Gasteiger partial charge in [-0.3, -0.25) is 0 Å². The van der Waals surface area contributed by atoms with E-state index in [0.717, 1.165) is 18.4 Å². The van der Waals surface area contributed by atoms with E-state index in [0.29, 0.717) is 6.04 Å². The minimum atomic E-state index is 0.701. The second kappa shape index (κ2) is 6.09. The summed E-state index contributed by atoms with van der Waals surface area (Å²) in [5.41, 5.74) is 3.24. The first kappa shape index (κ1) is 13.2. The summed E-state index contributed by atoms with van der Waals surface area (Å²) in [5.74, 6) is 1.81. The van der Waals surface area contributed by atoms with Gasteiger partial charge in [-0.1, -0.05) is 44.0 Å². The van der Waals surface area contributed by atoms with Crippen molar-refractivity contribution in [2.75, 3.05) is 6.54 Å². The molecule has 2 unspecified atom stereocenters. The fraction of sp³-hybridized carbons (Fsp3) is 0.667. The van der Waals surface area contributed by atoms with Gasteiger partial charge in [-0.15, -0.1) is 0 Å². The van der Waals surface area contributed by atoms with Gasteiger partial charge in [-0.25, -0.2) is 0 Å². The minimum Gasteiger partial charge on any atom is -0.314 e. The van der Waals surface area contributed by atoms with Gasteiger partial charge < -0.3 is 5.32 Å². The fourth-order valence-electron chi connectivity index (χ4n) is 3.74. The highest BCUT2D eigenvalue weighted by atomic mass is 14.9. The van der Waals surface area contributed by atoms with Crippen molar-refractivity contribution in [1.29, 1.82) is 0 Å². The first-order chi connectivity index (χ1) is 9.38. The molecule has 2 aliphatic rings. The number of rotatable bonds is 6. The summed E-state index contributed by atoms with van der Waals surface area (Å²) in [5, 5.41) is 3.78. The number of fused-ring (bicyclic) bond motifs is 1. The molecule has 0 aliphatic heterocycles. The molecule has 0 bridgehead atoms. The molecule has 1 N–H and O–H groups in total. The van der Waals surface area contributed by atoms with Gasteiger partial charge in [-0.05, 0) is 61.6 Å². The van der Waals surface area contributed by atoms with E-state index in [1.165, 1.54) is 44.9 Å². The molecule has 0 aromatic heterocycles. The second-order valence-electron chi connectivity index (χ2n) is 6.38. The van der Waals surface area contributed by atoms with E-state index in [2.05, 4.69) is 36.5 Å². The van der Waals surface area contributed by atoms with Crippen LogP contribution in [0, 0.1) is 5.92 Å². The summed E-state index contributed by atoms with van der Waals surface area (Å²) in [6, 6.07) is 9.84. The summed E-state index contributed by atoms with van der Waals surface area (Å²) in [6.07, 6.45) is 9.81. The lowest BCUT2D eigenvalue weighted by atomic mass is 9.77. The Labute approximate surface area is 117 Å². The summed E-state index contributed by atoms with van der Waals surface area (Å²) in [7, 11) is 0. The van der Waals surface area contributed by atoms with Crippen LogP contribution in [0.2, 0.25) is 0 Å². The van der Waals surface area contributed by atoms with Gasteiger partial charge in [0.2, 0.25) is 0 Å². The van der Waals surface area contributed by atoms with Gasteiger partial charge in [0.05, 0.1) is 0 Å². The largest absolute Gasteiger partial charge is 0.314 e.